The van der Waals surface area contributed by atoms with E-state index in [9.17, 15) is 8.92 Å². The van der Waals surface area contributed by atoms with Crippen LogP contribution in [0.4, 0.5) is 8.92 Å². The average Bonchev–Trinajstić information content (AvgIpc) is 2.99. The van der Waals surface area contributed by atoms with Crippen LogP contribution >= 0.6 is 0 Å². The number of unbranched alkanes of at least 4 members (excludes halogenated alkanes) is 5. The fraction of sp³-hybridized carbons (Fsp3) is 0.242. The topological polar surface area (TPSA) is 51.5 Å². The third kappa shape index (κ3) is 8.31. The van der Waals surface area contributed by atoms with E-state index >= 15 is 0 Å². The van der Waals surface area contributed by atoms with Crippen LogP contribution in [0, 0.1) is 17.1 Å². The second-order valence-electron chi connectivity index (χ2n) is 9.28. The van der Waals surface area contributed by atoms with E-state index in [0.717, 1.165) is 60.3 Å². The van der Waals surface area contributed by atoms with Crippen LogP contribution < -0.4 is 14.4 Å². The predicted octanol–water partition coefficient (Wildman–Crippen LogP) is 9.09. The number of benzene rings is 4. The molecule has 0 atom stereocenters. The van der Waals surface area contributed by atoms with Crippen molar-refractivity contribution in [2.75, 3.05) is 13.2 Å². The van der Waals surface area contributed by atoms with Gasteiger partial charge in [0.15, 0.2) is 5.82 Å². The van der Waals surface area contributed by atoms with Gasteiger partial charge in [-0.2, -0.15) is 5.26 Å². The summed E-state index contributed by atoms with van der Waals surface area (Å²) in [6.07, 6.45) is 6.57. The molecule has 0 aliphatic rings. The van der Waals surface area contributed by atoms with Gasteiger partial charge in [-0.3, -0.25) is 4.94 Å². The van der Waals surface area contributed by atoms with E-state index in [1.54, 1.807) is 6.07 Å². The minimum absolute atomic E-state index is 0.421. The van der Waals surface area contributed by atoms with E-state index < -0.39 is 11.6 Å². The molecule has 0 aromatic heterocycles. The van der Waals surface area contributed by atoms with Crippen molar-refractivity contribution in [2.45, 2.75) is 38.5 Å². The third-order valence-electron chi connectivity index (χ3n) is 6.48. The first-order valence-electron chi connectivity index (χ1n) is 13.2. The Labute approximate surface area is 228 Å². The van der Waals surface area contributed by atoms with Gasteiger partial charge in [0.25, 0.3) is 0 Å². The van der Waals surface area contributed by atoms with Gasteiger partial charge in [-0.1, -0.05) is 68.1 Å². The van der Waals surface area contributed by atoms with Gasteiger partial charge in [-0.05, 0) is 83.6 Å². The number of nitrogens with zero attached hydrogens (tertiary/aromatic N) is 1. The maximum atomic E-state index is 13.7. The smallest absolute Gasteiger partial charge is 0.207 e. The van der Waals surface area contributed by atoms with E-state index in [1.165, 1.54) is 18.6 Å². The highest BCUT2D eigenvalue weighted by Gasteiger charge is 2.07. The van der Waals surface area contributed by atoms with E-state index in [0.29, 0.717) is 24.3 Å². The lowest BCUT2D eigenvalue weighted by atomic mass is 10.0. The first kappa shape index (κ1) is 27.7. The van der Waals surface area contributed by atoms with E-state index in [-0.39, 0.29) is 0 Å². The van der Waals surface area contributed by atoms with Gasteiger partial charge >= 0.3 is 0 Å². The van der Waals surface area contributed by atoms with Gasteiger partial charge in [0.05, 0.1) is 24.8 Å². The highest BCUT2D eigenvalue weighted by atomic mass is 19.3. The number of ether oxygens (including phenoxy) is 2. The molecule has 0 fully saturated rings. The minimum atomic E-state index is -0.741. The molecule has 0 bridgehead atoms. The molecule has 0 aliphatic heterocycles. The SMILES string of the molecule is N#Cc1ccc(-c2ccc(OCCCCCCCCOc3ccc(-c4ccc(OF)c(F)c4)cc3)cc2)cc1. The number of nitriles is 1. The molecule has 0 spiro atoms. The Morgan fingerprint density at radius 3 is 1.46 bits per heavy atom. The predicted molar refractivity (Wildman–Crippen MR) is 149 cm³/mol. The van der Waals surface area contributed by atoms with Crippen LogP contribution in [0.25, 0.3) is 22.3 Å². The number of rotatable bonds is 14. The molecular formula is C33H31F2NO3. The molecule has 0 N–H and O–H groups in total. The molecule has 0 heterocycles. The summed E-state index contributed by atoms with van der Waals surface area (Å²) in [6.45, 7) is 1.35. The average molecular weight is 528 g/mol. The van der Waals surface area contributed by atoms with Crippen molar-refractivity contribution in [2.24, 2.45) is 0 Å². The molecule has 39 heavy (non-hydrogen) atoms. The van der Waals surface area contributed by atoms with Crippen molar-refractivity contribution in [3.63, 3.8) is 0 Å². The maximum Gasteiger partial charge on any atom is 0.207 e. The Bertz CT molecular complexity index is 1350. The van der Waals surface area contributed by atoms with Crippen molar-refractivity contribution < 1.29 is 23.3 Å². The first-order valence-corrected chi connectivity index (χ1v) is 13.2. The summed E-state index contributed by atoms with van der Waals surface area (Å²) in [5.74, 6) is 0.476. The molecule has 6 heteroatoms. The highest BCUT2D eigenvalue weighted by Crippen LogP contribution is 2.27. The number of hydrogen-bond acceptors (Lipinski definition) is 4. The molecule has 0 saturated carbocycles. The summed E-state index contributed by atoms with van der Waals surface area (Å²) in [6, 6.07) is 29.3. The summed E-state index contributed by atoms with van der Waals surface area (Å²) in [7, 11) is 0. The molecule has 0 amide bonds. The molecular weight excluding hydrogens is 496 g/mol. The standard InChI is InChI=1S/C33H31F2NO3/c34-32-23-29(15-20-33(32)39-35)28-13-18-31(19-14-28)38-22-6-4-2-1-3-5-21-37-30-16-11-27(12-17-30)26-9-7-25(24-36)8-10-26/h7-20,23H,1-6,21-22H2. The Morgan fingerprint density at radius 1 is 0.564 bits per heavy atom. The van der Waals surface area contributed by atoms with Crippen LogP contribution in [-0.2, 0) is 0 Å². The quantitative estimate of drug-likeness (QED) is 0.153. The van der Waals surface area contributed by atoms with Crippen molar-refractivity contribution in [3.8, 4) is 45.6 Å². The minimum Gasteiger partial charge on any atom is -0.494 e. The second-order valence-corrected chi connectivity index (χ2v) is 9.28. The van der Waals surface area contributed by atoms with Crippen LogP contribution in [0.5, 0.6) is 17.2 Å². The van der Waals surface area contributed by atoms with E-state index in [1.807, 2.05) is 72.8 Å². The molecule has 0 unspecified atom stereocenters. The lowest BCUT2D eigenvalue weighted by Gasteiger charge is -2.09. The lowest BCUT2D eigenvalue weighted by Crippen LogP contribution is -1.98. The zero-order chi connectivity index (χ0) is 27.3. The summed E-state index contributed by atoms with van der Waals surface area (Å²) in [4.78, 5) is 3.48. The van der Waals surface area contributed by atoms with Gasteiger partial charge in [0.2, 0.25) is 5.75 Å². The van der Waals surface area contributed by atoms with Crippen molar-refractivity contribution in [3.05, 3.63) is 102 Å². The van der Waals surface area contributed by atoms with Crippen LogP contribution in [0.1, 0.15) is 44.1 Å². The van der Waals surface area contributed by atoms with Crippen molar-refractivity contribution in [1.29, 1.82) is 5.26 Å². The molecule has 0 aliphatic carbocycles. The normalized spacial score (nSPS) is 10.6. The molecule has 4 aromatic rings. The molecule has 4 nitrogen and oxygen atoms in total. The van der Waals surface area contributed by atoms with Crippen molar-refractivity contribution >= 4 is 0 Å². The largest absolute Gasteiger partial charge is 0.494 e. The van der Waals surface area contributed by atoms with Gasteiger partial charge < -0.3 is 9.47 Å². The van der Waals surface area contributed by atoms with Gasteiger partial charge in [0, 0.05) is 4.53 Å². The van der Waals surface area contributed by atoms with Crippen LogP contribution in [0.2, 0.25) is 0 Å². The Morgan fingerprint density at radius 2 is 1.00 bits per heavy atom. The van der Waals surface area contributed by atoms with Crippen LogP contribution in [0.3, 0.4) is 0 Å². The van der Waals surface area contributed by atoms with Crippen LogP contribution in [0.15, 0.2) is 91.0 Å². The van der Waals surface area contributed by atoms with Gasteiger partial charge in [-0.15, -0.1) is 0 Å². The maximum absolute atomic E-state index is 13.7. The van der Waals surface area contributed by atoms with E-state index in [4.69, 9.17) is 14.7 Å². The molecule has 4 aromatic carbocycles. The number of hydrogen-bond donors (Lipinski definition) is 0. The lowest BCUT2D eigenvalue weighted by molar-refractivity contribution is -0.0106. The molecule has 4 rings (SSSR count). The Hall–Kier alpha value is -4.37. The zero-order valence-electron chi connectivity index (χ0n) is 21.7. The third-order valence-corrected chi connectivity index (χ3v) is 6.48. The highest BCUT2D eigenvalue weighted by molar-refractivity contribution is 5.66. The zero-order valence-corrected chi connectivity index (χ0v) is 21.7. The number of halogens is 2. The fourth-order valence-electron chi connectivity index (χ4n) is 4.26. The first-order chi connectivity index (χ1) is 19.2. The Kier molecular flexibility index (Phi) is 10.3. The second kappa shape index (κ2) is 14.5. The molecule has 0 saturated heterocycles. The summed E-state index contributed by atoms with van der Waals surface area (Å²) < 4.78 is 37.6. The van der Waals surface area contributed by atoms with Gasteiger partial charge in [0.1, 0.15) is 11.5 Å². The van der Waals surface area contributed by atoms with Crippen LogP contribution in [-0.4, -0.2) is 13.2 Å². The monoisotopic (exact) mass is 527 g/mol. The summed E-state index contributed by atoms with van der Waals surface area (Å²) in [5, 5.41) is 8.92. The fourth-order valence-corrected chi connectivity index (χ4v) is 4.26. The van der Waals surface area contributed by atoms with Gasteiger partial charge in [-0.25, -0.2) is 4.39 Å². The summed E-state index contributed by atoms with van der Waals surface area (Å²) in [5.41, 5.74) is 4.29. The van der Waals surface area contributed by atoms with E-state index in [2.05, 4.69) is 11.0 Å². The van der Waals surface area contributed by atoms with Crippen molar-refractivity contribution in [1.82, 2.24) is 0 Å². The Balaban J connectivity index is 1.04. The molecule has 200 valence electrons. The summed E-state index contributed by atoms with van der Waals surface area (Å²) >= 11 is 0. The molecule has 0 radical (unpaired) electrons.